The van der Waals surface area contributed by atoms with Gasteiger partial charge in [-0.25, -0.2) is 0 Å². The Hall–Kier alpha value is -1.55. The van der Waals surface area contributed by atoms with Crippen molar-refractivity contribution in [1.82, 2.24) is 0 Å². The molecule has 0 aliphatic heterocycles. The Morgan fingerprint density at radius 1 is 1.37 bits per heavy atom. The zero-order valence-corrected chi connectivity index (χ0v) is 12.3. The first kappa shape index (κ1) is 15.5. The van der Waals surface area contributed by atoms with Crippen molar-refractivity contribution in [2.75, 3.05) is 14.2 Å². The van der Waals surface area contributed by atoms with Crippen molar-refractivity contribution in [3.63, 3.8) is 0 Å². The Morgan fingerprint density at radius 2 is 2.00 bits per heavy atom. The first-order valence-electron chi connectivity index (χ1n) is 6.29. The van der Waals surface area contributed by atoms with E-state index >= 15 is 0 Å². The lowest BCUT2D eigenvalue weighted by atomic mass is 9.80. The van der Waals surface area contributed by atoms with Crippen molar-refractivity contribution >= 4 is 5.97 Å². The highest BCUT2D eigenvalue weighted by molar-refractivity contribution is 5.70. The smallest absolute Gasteiger partial charge is 0.306 e. The van der Waals surface area contributed by atoms with Crippen LogP contribution in [-0.4, -0.2) is 25.7 Å². The molecule has 0 aliphatic carbocycles. The molecular weight excluding hydrogens is 242 g/mol. The molecule has 0 radical (unpaired) electrons. The third-order valence-electron chi connectivity index (χ3n) is 3.32. The van der Waals surface area contributed by atoms with Crippen molar-refractivity contribution in [1.29, 1.82) is 0 Å². The van der Waals surface area contributed by atoms with E-state index in [2.05, 4.69) is 0 Å². The Bertz CT molecular complexity index is 449. The molecule has 4 nitrogen and oxygen atoms in total. The molecule has 1 atom stereocenters. The lowest BCUT2D eigenvalue weighted by Crippen LogP contribution is -2.40. The second-order valence-electron chi connectivity index (χ2n) is 5.38. The highest BCUT2D eigenvalue weighted by Crippen LogP contribution is 2.32. The molecule has 0 fully saturated rings. The Balaban J connectivity index is 3.11. The molecule has 1 unspecified atom stereocenters. The number of benzene rings is 1. The van der Waals surface area contributed by atoms with Gasteiger partial charge >= 0.3 is 5.97 Å². The van der Waals surface area contributed by atoms with Crippen LogP contribution in [0.3, 0.4) is 0 Å². The maximum absolute atomic E-state index is 11.5. The normalized spacial score (nSPS) is 12.9. The standard InChI is InChI=1S/C15H23NO3/c1-10-8-11(6-7-13(10)18-4)12(15(2,3)16)9-14(17)19-5/h6-8,12H,9,16H2,1-5H3. The summed E-state index contributed by atoms with van der Waals surface area (Å²) in [6.45, 7) is 5.81. The number of hydrogen-bond acceptors (Lipinski definition) is 4. The molecule has 19 heavy (non-hydrogen) atoms. The molecule has 106 valence electrons. The van der Waals surface area contributed by atoms with Crippen LogP contribution in [0.2, 0.25) is 0 Å². The van der Waals surface area contributed by atoms with Crippen LogP contribution in [0.1, 0.15) is 37.3 Å². The number of methoxy groups -OCH3 is 2. The summed E-state index contributed by atoms with van der Waals surface area (Å²) >= 11 is 0. The largest absolute Gasteiger partial charge is 0.496 e. The number of esters is 1. The first-order valence-corrected chi connectivity index (χ1v) is 6.29. The summed E-state index contributed by atoms with van der Waals surface area (Å²) in [5.41, 5.74) is 7.74. The van der Waals surface area contributed by atoms with E-state index in [9.17, 15) is 4.79 Å². The Morgan fingerprint density at radius 3 is 2.42 bits per heavy atom. The first-order chi connectivity index (χ1) is 8.79. The SMILES string of the molecule is COC(=O)CC(c1ccc(OC)c(C)c1)C(C)(C)N. The highest BCUT2D eigenvalue weighted by atomic mass is 16.5. The number of nitrogens with two attached hydrogens (primary N) is 1. The van der Waals surface area contributed by atoms with Crippen LogP contribution in [0.15, 0.2) is 18.2 Å². The molecule has 0 bridgehead atoms. The fraction of sp³-hybridized carbons (Fsp3) is 0.533. The van der Waals surface area contributed by atoms with Gasteiger partial charge in [-0.3, -0.25) is 4.79 Å². The predicted molar refractivity (Wildman–Crippen MR) is 75.4 cm³/mol. The second-order valence-corrected chi connectivity index (χ2v) is 5.38. The molecule has 1 rings (SSSR count). The van der Waals surface area contributed by atoms with E-state index < -0.39 is 5.54 Å². The number of carbonyl (C=O) groups is 1. The molecule has 2 N–H and O–H groups in total. The van der Waals surface area contributed by atoms with Crippen LogP contribution in [0, 0.1) is 6.92 Å². The summed E-state index contributed by atoms with van der Waals surface area (Å²) in [4.78, 5) is 11.5. The van der Waals surface area contributed by atoms with Gasteiger partial charge in [0.2, 0.25) is 0 Å². The van der Waals surface area contributed by atoms with Crippen molar-refractivity contribution in [2.24, 2.45) is 5.73 Å². The number of hydrogen-bond donors (Lipinski definition) is 1. The van der Waals surface area contributed by atoms with Crippen LogP contribution in [0.25, 0.3) is 0 Å². The van der Waals surface area contributed by atoms with Gasteiger partial charge < -0.3 is 15.2 Å². The van der Waals surface area contributed by atoms with E-state index in [0.717, 1.165) is 16.9 Å². The predicted octanol–water partition coefficient (Wildman–Crippen LogP) is 2.39. The molecular formula is C15H23NO3. The van der Waals surface area contributed by atoms with Crippen LogP contribution in [-0.2, 0) is 9.53 Å². The molecule has 0 aromatic heterocycles. The number of rotatable bonds is 5. The van der Waals surface area contributed by atoms with Crippen molar-refractivity contribution in [3.05, 3.63) is 29.3 Å². The summed E-state index contributed by atoms with van der Waals surface area (Å²) < 4.78 is 10.00. The summed E-state index contributed by atoms with van der Waals surface area (Å²) in [6.07, 6.45) is 0.270. The van der Waals surface area contributed by atoms with E-state index in [1.807, 2.05) is 39.0 Å². The Labute approximate surface area is 114 Å². The monoisotopic (exact) mass is 265 g/mol. The van der Waals surface area contributed by atoms with E-state index in [4.69, 9.17) is 15.2 Å². The minimum Gasteiger partial charge on any atom is -0.496 e. The van der Waals surface area contributed by atoms with Crippen molar-refractivity contribution < 1.29 is 14.3 Å². The average molecular weight is 265 g/mol. The van der Waals surface area contributed by atoms with E-state index in [1.165, 1.54) is 7.11 Å². The number of carbonyl (C=O) groups excluding carboxylic acids is 1. The van der Waals surface area contributed by atoms with Gasteiger partial charge in [-0.05, 0) is 38.0 Å². The van der Waals surface area contributed by atoms with Gasteiger partial charge in [0.1, 0.15) is 5.75 Å². The number of aryl methyl sites for hydroxylation is 1. The molecule has 0 aliphatic rings. The van der Waals surface area contributed by atoms with Gasteiger partial charge in [-0.2, -0.15) is 0 Å². The van der Waals surface area contributed by atoms with Crippen molar-refractivity contribution in [3.8, 4) is 5.75 Å². The summed E-state index contributed by atoms with van der Waals surface area (Å²) in [5.74, 6) is 0.483. The van der Waals surface area contributed by atoms with Crippen LogP contribution in [0.5, 0.6) is 5.75 Å². The minimum atomic E-state index is -0.505. The zero-order chi connectivity index (χ0) is 14.6. The summed E-state index contributed by atoms with van der Waals surface area (Å²) in [5, 5.41) is 0. The van der Waals surface area contributed by atoms with Crippen LogP contribution >= 0.6 is 0 Å². The van der Waals surface area contributed by atoms with Crippen LogP contribution in [0.4, 0.5) is 0 Å². The number of ether oxygens (including phenoxy) is 2. The molecule has 0 spiro atoms. The lowest BCUT2D eigenvalue weighted by Gasteiger charge is -2.30. The van der Waals surface area contributed by atoms with Gasteiger partial charge in [0.25, 0.3) is 0 Å². The lowest BCUT2D eigenvalue weighted by molar-refractivity contribution is -0.141. The zero-order valence-electron chi connectivity index (χ0n) is 12.3. The molecule has 0 saturated carbocycles. The molecule has 1 aromatic rings. The molecule has 1 aromatic carbocycles. The minimum absolute atomic E-state index is 0.0930. The average Bonchev–Trinajstić information content (AvgIpc) is 2.34. The maximum atomic E-state index is 11.5. The fourth-order valence-corrected chi connectivity index (χ4v) is 2.18. The van der Waals surface area contributed by atoms with E-state index in [-0.39, 0.29) is 18.3 Å². The molecule has 0 saturated heterocycles. The topological polar surface area (TPSA) is 61.5 Å². The molecule has 4 heteroatoms. The van der Waals surface area contributed by atoms with Gasteiger partial charge in [0.15, 0.2) is 0 Å². The van der Waals surface area contributed by atoms with Gasteiger partial charge in [0.05, 0.1) is 20.6 Å². The van der Waals surface area contributed by atoms with E-state index in [0.29, 0.717) is 0 Å². The quantitative estimate of drug-likeness (QED) is 0.830. The third-order valence-corrected chi connectivity index (χ3v) is 3.32. The fourth-order valence-electron chi connectivity index (χ4n) is 2.18. The Kier molecular flexibility index (Phi) is 4.95. The maximum Gasteiger partial charge on any atom is 0.306 e. The van der Waals surface area contributed by atoms with Crippen molar-refractivity contribution in [2.45, 2.75) is 38.6 Å². The van der Waals surface area contributed by atoms with Gasteiger partial charge in [-0.1, -0.05) is 12.1 Å². The van der Waals surface area contributed by atoms with Gasteiger partial charge in [0, 0.05) is 11.5 Å². The van der Waals surface area contributed by atoms with Crippen LogP contribution < -0.4 is 10.5 Å². The summed E-state index contributed by atoms with van der Waals surface area (Å²) in [6, 6.07) is 5.87. The van der Waals surface area contributed by atoms with Gasteiger partial charge in [-0.15, -0.1) is 0 Å². The van der Waals surface area contributed by atoms with E-state index in [1.54, 1.807) is 7.11 Å². The highest BCUT2D eigenvalue weighted by Gasteiger charge is 2.29. The molecule has 0 heterocycles. The second kappa shape index (κ2) is 6.06. The third kappa shape index (κ3) is 3.96. The summed E-state index contributed by atoms with van der Waals surface area (Å²) in [7, 11) is 3.03. The molecule has 0 amide bonds.